The minimum Gasteiger partial charge on any atom is -0.494 e. The van der Waals surface area contributed by atoms with Crippen LogP contribution in [0.25, 0.3) is 33.1 Å². The number of nitrogens with one attached hydrogen (secondary N) is 2. The highest BCUT2D eigenvalue weighted by Gasteiger charge is 2.10. The van der Waals surface area contributed by atoms with Gasteiger partial charge < -0.3 is 15.1 Å². The lowest BCUT2D eigenvalue weighted by molar-refractivity contribution is 0.457. The summed E-state index contributed by atoms with van der Waals surface area (Å²) in [6.45, 7) is 0. The highest BCUT2D eigenvalue weighted by molar-refractivity contribution is 6.03. The largest absolute Gasteiger partial charge is 0.494 e. The Balaban J connectivity index is 1.54. The van der Waals surface area contributed by atoms with Crippen molar-refractivity contribution in [2.24, 2.45) is 4.99 Å². The molecule has 0 radical (unpaired) electrons. The van der Waals surface area contributed by atoms with Crippen molar-refractivity contribution in [2.45, 2.75) is 0 Å². The van der Waals surface area contributed by atoms with Crippen LogP contribution in [0.2, 0.25) is 0 Å². The molecule has 0 aliphatic heterocycles. The van der Waals surface area contributed by atoms with E-state index in [2.05, 4.69) is 32.1 Å². The third kappa shape index (κ3) is 2.75. The molecule has 0 spiro atoms. The highest BCUT2D eigenvalue weighted by atomic mass is 16.3. The van der Waals surface area contributed by atoms with Crippen molar-refractivity contribution in [3.8, 4) is 17.0 Å². The Morgan fingerprint density at radius 3 is 2.48 bits per heavy atom. The smallest absolute Gasteiger partial charge is 0.227 e. The molecule has 3 aromatic carbocycles. The predicted molar refractivity (Wildman–Crippen MR) is 109 cm³/mol. The van der Waals surface area contributed by atoms with Crippen LogP contribution in [0.5, 0.6) is 5.88 Å². The summed E-state index contributed by atoms with van der Waals surface area (Å²) in [7, 11) is 0. The lowest BCUT2D eigenvalue weighted by Crippen LogP contribution is -1.81. The number of hydrogen-bond donors (Lipinski definition) is 3. The fraction of sp³-hybridized carbons (Fsp3) is 0. The molecule has 5 heteroatoms. The Kier molecular flexibility index (Phi) is 3.50. The molecule has 5 nitrogen and oxygen atoms in total. The minimum atomic E-state index is 0.0927. The van der Waals surface area contributed by atoms with Gasteiger partial charge in [0, 0.05) is 17.1 Å². The van der Waals surface area contributed by atoms with Crippen molar-refractivity contribution in [1.82, 2.24) is 15.0 Å². The van der Waals surface area contributed by atoms with Crippen molar-refractivity contribution < 1.29 is 5.11 Å². The van der Waals surface area contributed by atoms with E-state index in [0.717, 1.165) is 33.1 Å². The number of aromatic nitrogens is 3. The summed E-state index contributed by atoms with van der Waals surface area (Å²) in [5.74, 6) is 0.598. The van der Waals surface area contributed by atoms with Crippen molar-refractivity contribution in [3.63, 3.8) is 0 Å². The van der Waals surface area contributed by atoms with Gasteiger partial charge in [-0.05, 0) is 29.3 Å². The van der Waals surface area contributed by atoms with E-state index in [-0.39, 0.29) is 5.88 Å². The fourth-order valence-electron chi connectivity index (χ4n) is 3.27. The average Bonchev–Trinajstić information content (AvgIpc) is 3.26. The first-order chi connectivity index (χ1) is 13.3. The SMILES string of the molecule is Oc1[nH]c2cc(-c3ccccc3)ccc2c1C=Nc1nc2ccccc2[nH]1. The first-order valence-electron chi connectivity index (χ1n) is 8.67. The van der Waals surface area contributed by atoms with Gasteiger partial charge in [-0.25, -0.2) is 9.98 Å². The summed E-state index contributed by atoms with van der Waals surface area (Å²) < 4.78 is 0. The lowest BCUT2D eigenvalue weighted by atomic mass is 10.0. The van der Waals surface area contributed by atoms with Crippen LogP contribution in [-0.4, -0.2) is 26.3 Å². The van der Waals surface area contributed by atoms with E-state index >= 15 is 0 Å². The molecule has 5 rings (SSSR count). The maximum absolute atomic E-state index is 10.3. The molecular formula is C22H16N4O. The molecule has 0 bridgehead atoms. The third-order valence-corrected chi connectivity index (χ3v) is 4.62. The zero-order chi connectivity index (χ0) is 18.2. The highest BCUT2D eigenvalue weighted by Crippen LogP contribution is 2.30. The van der Waals surface area contributed by atoms with Crippen molar-refractivity contribution in [1.29, 1.82) is 0 Å². The van der Waals surface area contributed by atoms with Gasteiger partial charge in [0.1, 0.15) is 0 Å². The van der Waals surface area contributed by atoms with Crippen LogP contribution in [0.4, 0.5) is 5.95 Å². The monoisotopic (exact) mass is 352 g/mol. The molecule has 0 saturated heterocycles. The van der Waals surface area contributed by atoms with Crippen molar-refractivity contribution >= 4 is 34.1 Å². The van der Waals surface area contributed by atoms with Crippen LogP contribution in [0.1, 0.15) is 5.56 Å². The number of benzene rings is 3. The minimum absolute atomic E-state index is 0.0927. The molecule has 0 aliphatic rings. The molecule has 0 fully saturated rings. The average molecular weight is 352 g/mol. The van der Waals surface area contributed by atoms with Gasteiger partial charge >= 0.3 is 0 Å². The van der Waals surface area contributed by atoms with Gasteiger partial charge in [-0.15, -0.1) is 0 Å². The Labute approximate surface area is 155 Å². The van der Waals surface area contributed by atoms with E-state index in [4.69, 9.17) is 0 Å². The molecule has 2 aromatic heterocycles. The number of nitrogens with zero attached hydrogens (tertiary/aromatic N) is 2. The number of aromatic amines is 2. The van der Waals surface area contributed by atoms with Gasteiger partial charge in [0.05, 0.1) is 16.6 Å². The number of rotatable bonds is 3. The second-order valence-electron chi connectivity index (χ2n) is 6.35. The quantitative estimate of drug-likeness (QED) is 0.392. The van der Waals surface area contributed by atoms with Gasteiger partial charge in [0.2, 0.25) is 5.95 Å². The summed E-state index contributed by atoms with van der Waals surface area (Å²) in [6.07, 6.45) is 1.63. The van der Waals surface area contributed by atoms with Crippen LogP contribution in [0.15, 0.2) is 77.8 Å². The van der Waals surface area contributed by atoms with Crippen LogP contribution in [0, 0.1) is 0 Å². The van der Waals surface area contributed by atoms with E-state index in [0.29, 0.717) is 11.5 Å². The Morgan fingerprint density at radius 1 is 0.815 bits per heavy atom. The summed E-state index contributed by atoms with van der Waals surface area (Å²) in [4.78, 5) is 15.0. The number of para-hydroxylation sites is 2. The summed E-state index contributed by atoms with van der Waals surface area (Å²) in [5.41, 5.74) is 5.52. The Hall–Kier alpha value is -3.86. The molecular weight excluding hydrogens is 336 g/mol. The lowest BCUT2D eigenvalue weighted by Gasteiger charge is -2.01. The van der Waals surface area contributed by atoms with Crippen molar-refractivity contribution in [3.05, 3.63) is 78.4 Å². The molecule has 0 aliphatic carbocycles. The zero-order valence-corrected chi connectivity index (χ0v) is 14.3. The normalized spacial score (nSPS) is 11.7. The van der Waals surface area contributed by atoms with Crippen molar-refractivity contribution in [2.75, 3.05) is 0 Å². The number of imidazole rings is 1. The Morgan fingerprint density at radius 2 is 1.63 bits per heavy atom. The predicted octanol–water partition coefficient (Wildman–Crippen LogP) is 5.17. The second-order valence-corrected chi connectivity index (χ2v) is 6.35. The molecule has 0 atom stereocenters. The number of H-pyrrole nitrogens is 2. The summed E-state index contributed by atoms with van der Waals surface area (Å²) in [6, 6.07) is 24.0. The number of hydrogen-bond acceptors (Lipinski definition) is 3. The maximum atomic E-state index is 10.3. The molecule has 27 heavy (non-hydrogen) atoms. The standard InChI is InChI=1S/C22H16N4O/c27-21-17(13-23-22-25-18-8-4-5-9-19(18)26-22)16-11-10-15(12-20(16)24-21)14-6-2-1-3-7-14/h1-13,24,27H,(H,25,26). The number of fused-ring (bicyclic) bond motifs is 2. The first kappa shape index (κ1) is 15.4. The summed E-state index contributed by atoms with van der Waals surface area (Å²) in [5, 5.41) is 11.2. The van der Waals surface area contributed by atoms with Gasteiger partial charge in [-0.1, -0.05) is 54.6 Å². The molecule has 0 amide bonds. The van der Waals surface area contributed by atoms with Crippen LogP contribution in [0.3, 0.4) is 0 Å². The van der Waals surface area contributed by atoms with E-state index in [1.54, 1.807) is 6.21 Å². The van der Waals surface area contributed by atoms with Gasteiger partial charge in [-0.2, -0.15) is 0 Å². The van der Waals surface area contributed by atoms with E-state index in [1.165, 1.54) is 0 Å². The molecule has 5 aromatic rings. The first-order valence-corrected chi connectivity index (χ1v) is 8.67. The number of aliphatic imine (C=N–C) groups is 1. The third-order valence-electron chi connectivity index (χ3n) is 4.62. The molecule has 2 heterocycles. The van der Waals surface area contributed by atoms with Gasteiger partial charge in [-0.3, -0.25) is 0 Å². The molecule has 130 valence electrons. The van der Waals surface area contributed by atoms with Crippen LogP contribution in [-0.2, 0) is 0 Å². The molecule has 0 unspecified atom stereocenters. The van der Waals surface area contributed by atoms with E-state index in [9.17, 15) is 5.11 Å². The van der Waals surface area contributed by atoms with E-state index in [1.807, 2.05) is 60.7 Å². The Bertz CT molecular complexity index is 1250. The fourth-order valence-corrected chi connectivity index (χ4v) is 3.27. The van der Waals surface area contributed by atoms with E-state index < -0.39 is 0 Å². The maximum Gasteiger partial charge on any atom is 0.227 e. The molecule has 3 N–H and O–H groups in total. The van der Waals surface area contributed by atoms with Crippen LogP contribution < -0.4 is 0 Å². The van der Waals surface area contributed by atoms with Crippen LogP contribution >= 0.6 is 0 Å². The summed E-state index contributed by atoms with van der Waals surface area (Å²) >= 11 is 0. The van der Waals surface area contributed by atoms with Gasteiger partial charge in [0.25, 0.3) is 0 Å². The van der Waals surface area contributed by atoms with Gasteiger partial charge in [0.15, 0.2) is 5.88 Å². The zero-order valence-electron chi connectivity index (χ0n) is 14.3. The number of aromatic hydroxyl groups is 1. The second kappa shape index (κ2) is 6.14. The topological polar surface area (TPSA) is 77.1 Å². The molecule has 0 saturated carbocycles.